The molecule has 1 fully saturated rings. The predicted octanol–water partition coefficient (Wildman–Crippen LogP) is 6.96. The van der Waals surface area contributed by atoms with Crippen molar-refractivity contribution in [3.63, 3.8) is 0 Å². The highest BCUT2D eigenvalue weighted by Gasteiger charge is 2.37. The van der Waals surface area contributed by atoms with E-state index in [-0.39, 0.29) is 41.4 Å². The molecular weight excluding hydrogens is 639 g/mol. The Kier molecular flexibility index (Phi) is 8.99. The molecule has 0 aromatic heterocycles. The van der Waals surface area contributed by atoms with Gasteiger partial charge in [-0.15, -0.1) is 6.58 Å². The molecule has 4 rings (SSSR count). The van der Waals surface area contributed by atoms with Crippen molar-refractivity contribution in [2.75, 3.05) is 11.5 Å². The Morgan fingerprint density at radius 3 is 2.37 bits per heavy atom. The number of rotatable bonds is 9. The predicted molar refractivity (Wildman–Crippen MR) is 153 cm³/mol. The zero-order valence-corrected chi connectivity index (χ0v) is 23.8. The molecule has 0 bridgehead atoms. The van der Waals surface area contributed by atoms with Crippen molar-refractivity contribution in [2.45, 2.75) is 19.5 Å². The zero-order valence-electron chi connectivity index (χ0n) is 22.2. The standard InChI is InChI=1S/C29H21BrF3N3O7/c1-3-5-17-12-16(13-21-26(37)34-28(39)35(27(21)38)20-9-7-19(30)8-10-20)14-24(42-4-2)25(17)43-23-11-6-18(29(31,32)33)15-22(23)36(40)41/h3,6-15H,1,4-5H2,2H3,(H,34,37,39)/b21-13+. The first-order valence-electron chi connectivity index (χ1n) is 12.4. The lowest BCUT2D eigenvalue weighted by Crippen LogP contribution is -2.54. The average molecular weight is 660 g/mol. The van der Waals surface area contributed by atoms with Crippen LogP contribution in [0.15, 0.2) is 77.3 Å². The van der Waals surface area contributed by atoms with Crippen LogP contribution in [0.5, 0.6) is 17.2 Å². The molecule has 3 aromatic rings. The van der Waals surface area contributed by atoms with Gasteiger partial charge in [-0.2, -0.15) is 13.2 Å². The van der Waals surface area contributed by atoms with Crippen molar-refractivity contribution in [1.82, 2.24) is 5.32 Å². The fourth-order valence-electron chi connectivity index (χ4n) is 4.13. The maximum absolute atomic E-state index is 13.3. The van der Waals surface area contributed by atoms with Crippen LogP contribution in [0, 0.1) is 10.1 Å². The highest BCUT2D eigenvalue weighted by Crippen LogP contribution is 2.42. The number of carbonyl (C=O) groups excluding carboxylic acids is 3. The highest BCUT2D eigenvalue weighted by atomic mass is 79.9. The summed E-state index contributed by atoms with van der Waals surface area (Å²) < 4.78 is 51.8. The maximum atomic E-state index is 13.3. The van der Waals surface area contributed by atoms with Gasteiger partial charge in [-0.3, -0.25) is 25.0 Å². The van der Waals surface area contributed by atoms with E-state index >= 15 is 0 Å². The van der Waals surface area contributed by atoms with E-state index in [9.17, 15) is 37.7 Å². The van der Waals surface area contributed by atoms with Crippen LogP contribution < -0.4 is 19.7 Å². The molecule has 14 heteroatoms. The van der Waals surface area contributed by atoms with Gasteiger partial charge in [0.25, 0.3) is 11.8 Å². The summed E-state index contributed by atoms with van der Waals surface area (Å²) in [4.78, 5) is 50.0. The second-order valence-electron chi connectivity index (χ2n) is 8.91. The number of nitro benzene ring substituents is 1. The highest BCUT2D eigenvalue weighted by molar-refractivity contribution is 9.10. The number of halogens is 4. The Morgan fingerprint density at radius 1 is 1.07 bits per heavy atom. The Morgan fingerprint density at radius 2 is 1.77 bits per heavy atom. The van der Waals surface area contributed by atoms with Gasteiger partial charge in [0.2, 0.25) is 5.75 Å². The molecule has 3 aromatic carbocycles. The molecule has 1 saturated heterocycles. The minimum absolute atomic E-state index is 0.0207. The van der Waals surface area contributed by atoms with Gasteiger partial charge in [0.1, 0.15) is 5.57 Å². The summed E-state index contributed by atoms with van der Waals surface area (Å²) in [5.74, 6) is -2.32. The summed E-state index contributed by atoms with van der Waals surface area (Å²) in [6, 6.07) is 10.1. The molecule has 10 nitrogen and oxygen atoms in total. The van der Waals surface area contributed by atoms with Crippen molar-refractivity contribution in [3.05, 3.63) is 104 Å². The number of nitrogens with one attached hydrogen (secondary N) is 1. The molecule has 0 saturated carbocycles. The number of anilines is 1. The number of nitro groups is 1. The number of imide groups is 2. The largest absolute Gasteiger partial charge is 0.490 e. The van der Waals surface area contributed by atoms with Crippen LogP contribution >= 0.6 is 15.9 Å². The van der Waals surface area contributed by atoms with E-state index in [0.29, 0.717) is 22.2 Å². The molecule has 1 N–H and O–H groups in total. The van der Waals surface area contributed by atoms with Crippen LogP contribution in [0.25, 0.3) is 6.08 Å². The van der Waals surface area contributed by atoms with Crippen LogP contribution in [0.1, 0.15) is 23.6 Å². The van der Waals surface area contributed by atoms with Gasteiger partial charge in [-0.25, -0.2) is 9.69 Å². The van der Waals surface area contributed by atoms with Gasteiger partial charge in [0.15, 0.2) is 11.5 Å². The van der Waals surface area contributed by atoms with E-state index in [2.05, 4.69) is 27.8 Å². The van der Waals surface area contributed by atoms with Crippen LogP contribution in [-0.2, 0) is 22.2 Å². The fraction of sp³-hybridized carbons (Fsp3) is 0.138. The first-order chi connectivity index (χ1) is 20.3. The molecule has 0 aliphatic carbocycles. The summed E-state index contributed by atoms with van der Waals surface area (Å²) in [7, 11) is 0. The number of amides is 4. The van der Waals surface area contributed by atoms with Gasteiger partial charge in [-0.1, -0.05) is 22.0 Å². The van der Waals surface area contributed by atoms with Crippen molar-refractivity contribution in [3.8, 4) is 17.2 Å². The summed E-state index contributed by atoms with van der Waals surface area (Å²) in [6.07, 6.45) is -2.01. The fourth-order valence-corrected chi connectivity index (χ4v) is 4.40. The molecule has 1 heterocycles. The monoisotopic (exact) mass is 659 g/mol. The Hall–Kier alpha value is -4.98. The molecular formula is C29H21BrF3N3O7. The van der Waals surface area contributed by atoms with Gasteiger partial charge >= 0.3 is 17.9 Å². The molecule has 1 aliphatic rings. The SMILES string of the molecule is C=CCc1cc(/C=C2\C(=O)NC(=O)N(c3ccc(Br)cc3)C2=O)cc(OCC)c1Oc1ccc(C(F)(F)F)cc1[N+](=O)[O-]. The smallest absolute Gasteiger partial charge is 0.416 e. The average Bonchev–Trinajstić information content (AvgIpc) is 2.93. The number of ether oxygens (including phenoxy) is 2. The topological polar surface area (TPSA) is 128 Å². The Labute approximate surface area is 250 Å². The van der Waals surface area contributed by atoms with Crippen LogP contribution in [0.4, 0.5) is 29.3 Å². The third kappa shape index (κ3) is 6.75. The number of carbonyl (C=O) groups is 3. The number of barbiturate groups is 1. The van der Waals surface area contributed by atoms with Crippen LogP contribution in [0.2, 0.25) is 0 Å². The molecule has 4 amide bonds. The minimum Gasteiger partial charge on any atom is -0.490 e. The first kappa shape index (κ1) is 31.0. The molecule has 1 aliphatic heterocycles. The molecule has 0 unspecified atom stereocenters. The number of hydrogen-bond acceptors (Lipinski definition) is 7. The summed E-state index contributed by atoms with van der Waals surface area (Å²) >= 11 is 3.28. The van der Waals surface area contributed by atoms with E-state index in [1.807, 2.05) is 0 Å². The van der Waals surface area contributed by atoms with E-state index in [1.165, 1.54) is 36.4 Å². The first-order valence-corrected chi connectivity index (χ1v) is 13.2. The Balaban J connectivity index is 1.80. The third-order valence-corrected chi connectivity index (χ3v) is 6.54. The molecule has 0 spiro atoms. The lowest BCUT2D eigenvalue weighted by molar-refractivity contribution is -0.385. The van der Waals surface area contributed by atoms with Crippen molar-refractivity contribution in [2.24, 2.45) is 0 Å². The van der Waals surface area contributed by atoms with E-state index in [1.54, 1.807) is 19.1 Å². The summed E-state index contributed by atoms with van der Waals surface area (Å²) in [5.41, 5.74) is -1.72. The second-order valence-corrected chi connectivity index (χ2v) is 9.82. The number of urea groups is 1. The van der Waals surface area contributed by atoms with E-state index < -0.39 is 45.9 Å². The number of alkyl halides is 3. The molecule has 43 heavy (non-hydrogen) atoms. The maximum Gasteiger partial charge on any atom is 0.416 e. The molecule has 0 atom stereocenters. The zero-order chi connectivity index (χ0) is 31.5. The third-order valence-electron chi connectivity index (χ3n) is 6.01. The van der Waals surface area contributed by atoms with Crippen molar-refractivity contribution in [1.29, 1.82) is 0 Å². The van der Waals surface area contributed by atoms with Crippen molar-refractivity contribution < 1.29 is 42.0 Å². The van der Waals surface area contributed by atoms with Gasteiger partial charge < -0.3 is 9.47 Å². The van der Waals surface area contributed by atoms with Gasteiger partial charge in [0.05, 0.1) is 22.8 Å². The van der Waals surface area contributed by atoms with Crippen LogP contribution in [-0.4, -0.2) is 29.4 Å². The Bertz CT molecular complexity index is 1670. The normalized spacial score (nSPS) is 14.5. The number of hydrogen-bond donors (Lipinski definition) is 1. The number of allylic oxidation sites excluding steroid dienone is 1. The number of benzene rings is 3. The van der Waals surface area contributed by atoms with E-state index in [4.69, 9.17) is 9.47 Å². The van der Waals surface area contributed by atoms with Crippen molar-refractivity contribution >= 4 is 51.2 Å². The summed E-state index contributed by atoms with van der Waals surface area (Å²) in [5, 5.41) is 13.8. The minimum atomic E-state index is -4.82. The van der Waals surface area contributed by atoms with Gasteiger partial charge in [-0.05, 0) is 73.5 Å². The van der Waals surface area contributed by atoms with Crippen LogP contribution in [0.3, 0.4) is 0 Å². The molecule has 222 valence electrons. The number of nitrogens with zero attached hydrogens (tertiary/aromatic N) is 2. The van der Waals surface area contributed by atoms with E-state index in [0.717, 1.165) is 11.0 Å². The van der Waals surface area contributed by atoms with Gasteiger partial charge in [0, 0.05) is 16.1 Å². The summed E-state index contributed by atoms with van der Waals surface area (Å²) in [6.45, 7) is 5.41. The lowest BCUT2D eigenvalue weighted by atomic mass is 10.0. The molecule has 0 radical (unpaired) electrons. The lowest BCUT2D eigenvalue weighted by Gasteiger charge is -2.26. The quantitative estimate of drug-likeness (QED) is 0.0864. The second kappa shape index (κ2) is 12.5.